The van der Waals surface area contributed by atoms with E-state index in [1.54, 1.807) is 23.9 Å². The predicted octanol–water partition coefficient (Wildman–Crippen LogP) is 5.71. The molecule has 0 atom stereocenters. The van der Waals surface area contributed by atoms with Gasteiger partial charge in [-0.05, 0) is 24.3 Å². The third-order valence-corrected chi connectivity index (χ3v) is 6.79. The van der Waals surface area contributed by atoms with Crippen LogP contribution in [0, 0.1) is 0 Å². The SMILES string of the molecule is CCCSC1=NC2(CCN(C(=O)Nc3ccccc3Cl)CC2)N=C1c1ccccc1. The number of carbonyl (C=O) groups is 1. The lowest BCUT2D eigenvalue weighted by molar-refractivity contribution is 0.175. The van der Waals surface area contributed by atoms with Gasteiger partial charge in [0, 0.05) is 31.5 Å². The average molecular weight is 441 g/mol. The number of para-hydroxylation sites is 1. The van der Waals surface area contributed by atoms with Crippen LogP contribution < -0.4 is 5.32 Å². The number of aliphatic imine (C=N–C) groups is 2. The van der Waals surface area contributed by atoms with E-state index >= 15 is 0 Å². The minimum absolute atomic E-state index is 0.132. The van der Waals surface area contributed by atoms with Crippen molar-refractivity contribution in [2.24, 2.45) is 9.98 Å². The van der Waals surface area contributed by atoms with Gasteiger partial charge in [0.2, 0.25) is 0 Å². The van der Waals surface area contributed by atoms with E-state index in [2.05, 4.69) is 24.4 Å². The summed E-state index contributed by atoms with van der Waals surface area (Å²) in [7, 11) is 0. The number of likely N-dealkylation sites (tertiary alicyclic amines) is 1. The van der Waals surface area contributed by atoms with Gasteiger partial charge in [-0.1, -0.05) is 61.0 Å². The summed E-state index contributed by atoms with van der Waals surface area (Å²) < 4.78 is 0. The summed E-state index contributed by atoms with van der Waals surface area (Å²) >= 11 is 7.94. The molecular formula is C23H25ClN4OS. The zero-order valence-corrected chi connectivity index (χ0v) is 18.5. The summed E-state index contributed by atoms with van der Waals surface area (Å²) in [6.07, 6.45) is 2.53. The molecule has 4 rings (SSSR count). The number of hydrogen-bond donors (Lipinski definition) is 1. The lowest BCUT2D eigenvalue weighted by Gasteiger charge is -2.35. The average Bonchev–Trinajstić information content (AvgIpc) is 3.13. The first kappa shape index (κ1) is 20.9. The van der Waals surface area contributed by atoms with E-state index in [0.717, 1.165) is 41.3 Å². The minimum Gasteiger partial charge on any atom is -0.324 e. The highest BCUT2D eigenvalue weighted by atomic mass is 35.5. The Morgan fingerprint density at radius 2 is 1.80 bits per heavy atom. The first-order valence-electron chi connectivity index (χ1n) is 10.3. The van der Waals surface area contributed by atoms with Gasteiger partial charge in [0.05, 0.1) is 16.4 Å². The van der Waals surface area contributed by atoms with Crippen molar-refractivity contribution in [2.45, 2.75) is 31.8 Å². The van der Waals surface area contributed by atoms with Crippen molar-refractivity contribution in [3.8, 4) is 0 Å². The second kappa shape index (κ2) is 9.23. The molecule has 7 heteroatoms. The lowest BCUT2D eigenvalue weighted by atomic mass is 9.98. The summed E-state index contributed by atoms with van der Waals surface area (Å²) in [5, 5.41) is 4.47. The Morgan fingerprint density at radius 1 is 1.10 bits per heavy atom. The van der Waals surface area contributed by atoms with Gasteiger partial charge in [-0.2, -0.15) is 0 Å². The predicted molar refractivity (Wildman–Crippen MR) is 127 cm³/mol. The van der Waals surface area contributed by atoms with E-state index in [1.165, 1.54) is 0 Å². The van der Waals surface area contributed by atoms with Gasteiger partial charge in [0.15, 0.2) is 5.66 Å². The molecule has 1 spiro atoms. The third kappa shape index (κ3) is 4.55. The Labute approximate surface area is 186 Å². The summed E-state index contributed by atoms with van der Waals surface area (Å²) in [6, 6.07) is 17.4. The number of amides is 2. The number of thioether (sulfide) groups is 1. The quantitative estimate of drug-likeness (QED) is 0.662. The standard InChI is InChI=1S/C23H25ClN4OS/c1-2-16-30-21-20(17-8-4-3-5-9-17)26-23(27-21)12-14-28(15-13-23)22(29)25-19-11-7-6-10-18(19)24/h3-11H,2,12-16H2,1H3,(H,25,29). The Kier molecular flexibility index (Phi) is 6.44. The van der Waals surface area contributed by atoms with Crippen molar-refractivity contribution in [3.63, 3.8) is 0 Å². The Hall–Kier alpha value is -2.31. The van der Waals surface area contributed by atoms with Crippen LogP contribution in [0.4, 0.5) is 10.5 Å². The Balaban J connectivity index is 1.47. The van der Waals surface area contributed by atoms with Crippen LogP contribution in [0.3, 0.4) is 0 Å². The summed E-state index contributed by atoms with van der Waals surface area (Å²) in [5.41, 5.74) is 2.27. The van der Waals surface area contributed by atoms with Crippen LogP contribution in [0.15, 0.2) is 64.6 Å². The van der Waals surface area contributed by atoms with Crippen LogP contribution in [0.25, 0.3) is 0 Å². The van der Waals surface area contributed by atoms with Crippen LogP contribution in [-0.4, -0.2) is 46.2 Å². The molecule has 2 heterocycles. The smallest absolute Gasteiger partial charge is 0.321 e. The molecule has 0 bridgehead atoms. The van der Waals surface area contributed by atoms with E-state index in [4.69, 9.17) is 21.6 Å². The number of nitrogens with one attached hydrogen (secondary N) is 1. The highest BCUT2D eigenvalue weighted by Gasteiger charge is 2.40. The van der Waals surface area contributed by atoms with Crippen molar-refractivity contribution in [1.29, 1.82) is 0 Å². The van der Waals surface area contributed by atoms with Gasteiger partial charge in [0.1, 0.15) is 5.04 Å². The molecule has 2 amide bonds. The number of urea groups is 1. The molecular weight excluding hydrogens is 416 g/mol. The molecule has 0 aliphatic carbocycles. The molecule has 1 fully saturated rings. The normalized spacial score (nSPS) is 17.6. The minimum atomic E-state index is -0.456. The van der Waals surface area contributed by atoms with Gasteiger partial charge in [0.25, 0.3) is 0 Å². The molecule has 30 heavy (non-hydrogen) atoms. The van der Waals surface area contributed by atoms with E-state index in [1.807, 2.05) is 35.2 Å². The molecule has 156 valence electrons. The Morgan fingerprint density at radius 3 is 2.50 bits per heavy atom. The summed E-state index contributed by atoms with van der Waals surface area (Å²) in [4.78, 5) is 24.7. The number of carbonyl (C=O) groups excluding carboxylic acids is 1. The molecule has 0 saturated carbocycles. The first-order chi connectivity index (χ1) is 14.6. The number of hydrogen-bond acceptors (Lipinski definition) is 4. The van der Waals surface area contributed by atoms with E-state index in [0.29, 0.717) is 23.8 Å². The van der Waals surface area contributed by atoms with Crippen molar-refractivity contribution in [2.75, 3.05) is 24.2 Å². The molecule has 0 aromatic heterocycles. The number of benzene rings is 2. The number of nitrogens with zero attached hydrogens (tertiary/aromatic N) is 3. The fraction of sp³-hybridized carbons (Fsp3) is 0.348. The third-order valence-electron chi connectivity index (χ3n) is 5.29. The molecule has 0 radical (unpaired) electrons. The molecule has 2 aliphatic heterocycles. The van der Waals surface area contributed by atoms with Gasteiger partial charge < -0.3 is 10.2 Å². The van der Waals surface area contributed by atoms with Crippen molar-refractivity contribution < 1.29 is 4.79 Å². The lowest BCUT2D eigenvalue weighted by Crippen LogP contribution is -2.46. The zero-order valence-electron chi connectivity index (χ0n) is 17.0. The molecule has 0 unspecified atom stereocenters. The van der Waals surface area contributed by atoms with Crippen LogP contribution >= 0.6 is 23.4 Å². The maximum atomic E-state index is 12.7. The van der Waals surface area contributed by atoms with E-state index in [9.17, 15) is 4.79 Å². The van der Waals surface area contributed by atoms with Gasteiger partial charge >= 0.3 is 6.03 Å². The second-order valence-electron chi connectivity index (χ2n) is 7.47. The maximum Gasteiger partial charge on any atom is 0.321 e. The van der Waals surface area contributed by atoms with Gasteiger partial charge in [-0.3, -0.25) is 4.99 Å². The van der Waals surface area contributed by atoms with Crippen molar-refractivity contribution >= 4 is 45.8 Å². The summed E-state index contributed by atoms with van der Waals surface area (Å²) in [5.74, 6) is 1.02. The topological polar surface area (TPSA) is 57.1 Å². The highest BCUT2D eigenvalue weighted by Crippen LogP contribution is 2.36. The highest BCUT2D eigenvalue weighted by molar-refractivity contribution is 8.15. The van der Waals surface area contributed by atoms with Crippen LogP contribution in [0.5, 0.6) is 0 Å². The molecule has 2 aliphatic rings. The Bertz CT molecular complexity index is 968. The fourth-order valence-electron chi connectivity index (χ4n) is 3.65. The van der Waals surface area contributed by atoms with Crippen molar-refractivity contribution in [1.82, 2.24) is 4.90 Å². The van der Waals surface area contributed by atoms with Gasteiger partial charge in [-0.15, -0.1) is 11.8 Å². The number of rotatable bonds is 4. The number of anilines is 1. The zero-order chi connectivity index (χ0) is 21.0. The van der Waals surface area contributed by atoms with Crippen LogP contribution in [0.1, 0.15) is 31.7 Å². The maximum absolute atomic E-state index is 12.7. The second-order valence-corrected chi connectivity index (χ2v) is 8.96. The molecule has 5 nitrogen and oxygen atoms in total. The molecule has 2 aromatic carbocycles. The number of halogens is 1. The fourth-order valence-corrected chi connectivity index (χ4v) is 4.77. The largest absolute Gasteiger partial charge is 0.324 e. The first-order valence-corrected chi connectivity index (χ1v) is 11.7. The van der Waals surface area contributed by atoms with Crippen LogP contribution in [-0.2, 0) is 0 Å². The molecule has 2 aromatic rings. The van der Waals surface area contributed by atoms with E-state index < -0.39 is 5.66 Å². The van der Waals surface area contributed by atoms with E-state index in [-0.39, 0.29) is 6.03 Å². The van der Waals surface area contributed by atoms with Crippen LogP contribution in [0.2, 0.25) is 5.02 Å². The number of piperidine rings is 1. The monoisotopic (exact) mass is 440 g/mol. The molecule has 1 saturated heterocycles. The van der Waals surface area contributed by atoms with Crippen molar-refractivity contribution in [3.05, 3.63) is 65.2 Å². The summed E-state index contributed by atoms with van der Waals surface area (Å²) in [6.45, 7) is 3.39. The van der Waals surface area contributed by atoms with Gasteiger partial charge in [-0.25, -0.2) is 9.79 Å². The molecule has 1 N–H and O–H groups in total.